The Morgan fingerprint density at radius 2 is 1.97 bits per heavy atom. The van der Waals surface area contributed by atoms with E-state index in [1.54, 1.807) is 31.2 Å². The summed E-state index contributed by atoms with van der Waals surface area (Å²) in [6.07, 6.45) is 1.77. The van der Waals surface area contributed by atoms with Gasteiger partial charge in [-0.05, 0) is 52.0 Å². The Labute approximate surface area is 169 Å². The average Bonchev–Trinajstić information content (AvgIpc) is 3.18. The Balaban J connectivity index is 1.75. The zero-order valence-electron chi connectivity index (χ0n) is 17.2. The molecule has 0 radical (unpaired) electrons. The van der Waals surface area contributed by atoms with E-state index < -0.39 is 5.97 Å². The molecule has 3 rings (SSSR count). The fourth-order valence-electron chi connectivity index (χ4n) is 3.42. The van der Waals surface area contributed by atoms with Crippen LogP contribution >= 0.6 is 0 Å². The van der Waals surface area contributed by atoms with Crippen molar-refractivity contribution in [3.63, 3.8) is 0 Å². The molecule has 0 unspecified atom stereocenters. The predicted molar refractivity (Wildman–Crippen MR) is 111 cm³/mol. The third kappa shape index (κ3) is 3.97. The van der Waals surface area contributed by atoms with Crippen LogP contribution < -0.4 is 4.74 Å². The Morgan fingerprint density at radius 1 is 1.21 bits per heavy atom. The van der Waals surface area contributed by atoms with E-state index in [0.717, 1.165) is 16.8 Å². The highest BCUT2D eigenvalue weighted by Crippen LogP contribution is 2.29. The monoisotopic (exact) mass is 395 g/mol. The SMILES string of the molecule is C=CCn1c(C)cc(C(=O)COC(=O)c2oc3ccc(OCC)cc3c2C)c1C. The average molecular weight is 395 g/mol. The third-order valence-corrected chi connectivity index (χ3v) is 4.92. The molecule has 0 saturated carbocycles. The van der Waals surface area contributed by atoms with Gasteiger partial charge in [0.2, 0.25) is 11.5 Å². The topological polar surface area (TPSA) is 70.7 Å². The molecule has 0 aliphatic rings. The lowest BCUT2D eigenvalue weighted by Gasteiger charge is -2.06. The van der Waals surface area contributed by atoms with Crippen molar-refractivity contribution in [2.75, 3.05) is 13.2 Å². The molecule has 152 valence electrons. The van der Waals surface area contributed by atoms with Gasteiger partial charge in [0.25, 0.3) is 0 Å². The Bertz CT molecular complexity index is 1090. The number of nitrogens with zero attached hydrogens (tertiary/aromatic N) is 1. The van der Waals surface area contributed by atoms with E-state index in [2.05, 4.69) is 6.58 Å². The van der Waals surface area contributed by atoms with Crippen molar-refractivity contribution >= 4 is 22.7 Å². The first kappa shape index (κ1) is 20.5. The van der Waals surface area contributed by atoms with E-state index in [0.29, 0.717) is 35.6 Å². The molecule has 0 spiro atoms. The number of hydrogen-bond donors (Lipinski definition) is 0. The number of ketones is 1. The standard InChI is InChI=1S/C23H25NO5/c1-6-10-24-14(3)11-19(16(24)5)20(25)13-28-23(26)22-15(4)18-12-17(27-7-2)8-9-21(18)29-22/h6,8-9,11-12H,1,7,10,13H2,2-5H3. The molecule has 0 bridgehead atoms. The summed E-state index contributed by atoms with van der Waals surface area (Å²) in [5, 5.41) is 0.780. The summed E-state index contributed by atoms with van der Waals surface area (Å²) < 4.78 is 18.4. The number of carbonyl (C=O) groups excluding carboxylic acids is 2. The summed E-state index contributed by atoms with van der Waals surface area (Å²) in [4.78, 5) is 25.1. The highest BCUT2D eigenvalue weighted by Gasteiger charge is 2.22. The summed E-state index contributed by atoms with van der Waals surface area (Å²) in [6.45, 7) is 12.0. The summed E-state index contributed by atoms with van der Waals surface area (Å²) in [6, 6.07) is 7.17. The first-order valence-electron chi connectivity index (χ1n) is 9.51. The molecule has 29 heavy (non-hydrogen) atoms. The zero-order chi connectivity index (χ0) is 21.1. The number of allylic oxidation sites excluding steroid dienone is 1. The summed E-state index contributed by atoms with van der Waals surface area (Å²) in [7, 11) is 0. The minimum Gasteiger partial charge on any atom is -0.494 e. The van der Waals surface area contributed by atoms with Crippen LogP contribution in [-0.4, -0.2) is 29.5 Å². The van der Waals surface area contributed by atoms with Crippen LogP contribution in [0.1, 0.15) is 44.8 Å². The molecular formula is C23H25NO5. The highest BCUT2D eigenvalue weighted by atomic mass is 16.5. The number of furan rings is 1. The lowest BCUT2D eigenvalue weighted by Crippen LogP contribution is -2.15. The number of Topliss-reactive ketones (excluding diaryl/α,β-unsaturated/α-hetero) is 1. The van der Waals surface area contributed by atoms with Crippen LogP contribution in [0, 0.1) is 20.8 Å². The predicted octanol–water partition coefficient (Wildman–Crippen LogP) is 4.78. The van der Waals surface area contributed by atoms with Gasteiger partial charge in [-0.2, -0.15) is 0 Å². The van der Waals surface area contributed by atoms with E-state index in [1.165, 1.54) is 0 Å². The quantitative estimate of drug-likeness (QED) is 0.312. The van der Waals surface area contributed by atoms with Crippen molar-refractivity contribution < 1.29 is 23.5 Å². The first-order valence-corrected chi connectivity index (χ1v) is 9.51. The van der Waals surface area contributed by atoms with Gasteiger partial charge in [-0.1, -0.05) is 6.08 Å². The van der Waals surface area contributed by atoms with E-state index >= 15 is 0 Å². The minimum atomic E-state index is -0.662. The molecule has 3 aromatic rings. The van der Waals surface area contributed by atoms with Crippen molar-refractivity contribution in [3.05, 3.63) is 65.2 Å². The van der Waals surface area contributed by atoms with E-state index in [9.17, 15) is 9.59 Å². The second-order valence-electron chi connectivity index (χ2n) is 6.83. The summed E-state index contributed by atoms with van der Waals surface area (Å²) in [5.74, 6) is -0.119. The Hall–Kier alpha value is -3.28. The van der Waals surface area contributed by atoms with Gasteiger partial charge in [-0.3, -0.25) is 4.79 Å². The van der Waals surface area contributed by atoms with E-state index in [1.807, 2.05) is 31.4 Å². The molecule has 0 fully saturated rings. The number of aryl methyl sites for hydroxylation is 2. The number of carbonyl (C=O) groups is 2. The maximum atomic E-state index is 12.6. The molecule has 6 nitrogen and oxygen atoms in total. The van der Waals surface area contributed by atoms with Gasteiger partial charge < -0.3 is 18.5 Å². The van der Waals surface area contributed by atoms with Crippen molar-refractivity contribution in [3.8, 4) is 5.75 Å². The number of benzene rings is 1. The summed E-state index contributed by atoms with van der Waals surface area (Å²) >= 11 is 0. The number of hydrogen-bond acceptors (Lipinski definition) is 5. The van der Waals surface area contributed by atoms with Crippen molar-refractivity contribution in [1.82, 2.24) is 4.57 Å². The molecule has 0 saturated heterocycles. The molecule has 2 aromatic heterocycles. The molecule has 6 heteroatoms. The smallest absolute Gasteiger partial charge is 0.375 e. The van der Waals surface area contributed by atoms with Gasteiger partial charge in [0.15, 0.2) is 6.61 Å². The van der Waals surface area contributed by atoms with Gasteiger partial charge >= 0.3 is 5.97 Å². The zero-order valence-corrected chi connectivity index (χ0v) is 17.2. The fourth-order valence-corrected chi connectivity index (χ4v) is 3.42. The lowest BCUT2D eigenvalue weighted by molar-refractivity contribution is 0.0445. The van der Waals surface area contributed by atoms with Gasteiger partial charge in [-0.25, -0.2) is 4.79 Å². The number of ether oxygens (including phenoxy) is 2. The van der Waals surface area contributed by atoms with Gasteiger partial charge in [-0.15, -0.1) is 6.58 Å². The number of esters is 1. The number of fused-ring (bicyclic) bond motifs is 1. The highest BCUT2D eigenvalue weighted by molar-refractivity contribution is 6.01. The van der Waals surface area contributed by atoms with Crippen molar-refractivity contribution in [2.24, 2.45) is 0 Å². The maximum absolute atomic E-state index is 12.6. The first-order chi connectivity index (χ1) is 13.9. The van der Waals surface area contributed by atoms with Crippen LogP contribution in [0.15, 0.2) is 41.3 Å². The van der Waals surface area contributed by atoms with Gasteiger partial charge in [0.05, 0.1) is 6.61 Å². The third-order valence-electron chi connectivity index (χ3n) is 4.92. The van der Waals surface area contributed by atoms with Crippen LogP contribution in [0.5, 0.6) is 5.75 Å². The molecule has 0 atom stereocenters. The maximum Gasteiger partial charge on any atom is 0.375 e. The molecule has 0 aliphatic heterocycles. The lowest BCUT2D eigenvalue weighted by atomic mass is 10.1. The van der Waals surface area contributed by atoms with Crippen LogP contribution in [0.2, 0.25) is 0 Å². The second-order valence-corrected chi connectivity index (χ2v) is 6.83. The Kier molecular flexibility index (Phi) is 5.92. The number of aromatic nitrogens is 1. The van der Waals surface area contributed by atoms with Crippen molar-refractivity contribution in [1.29, 1.82) is 0 Å². The van der Waals surface area contributed by atoms with E-state index in [-0.39, 0.29) is 18.2 Å². The second kappa shape index (κ2) is 8.39. The molecular weight excluding hydrogens is 370 g/mol. The van der Waals surface area contributed by atoms with Crippen LogP contribution in [0.4, 0.5) is 0 Å². The molecule has 2 heterocycles. The van der Waals surface area contributed by atoms with Crippen molar-refractivity contribution in [2.45, 2.75) is 34.2 Å². The molecule has 0 aliphatic carbocycles. The van der Waals surface area contributed by atoms with Crippen LogP contribution in [-0.2, 0) is 11.3 Å². The fraction of sp³-hybridized carbons (Fsp3) is 0.304. The van der Waals surface area contributed by atoms with Crippen LogP contribution in [0.25, 0.3) is 11.0 Å². The van der Waals surface area contributed by atoms with E-state index in [4.69, 9.17) is 13.9 Å². The van der Waals surface area contributed by atoms with Gasteiger partial charge in [0, 0.05) is 34.4 Å². The largest absolute Gasteiger partial charge is 0.494 e. The molecule has 1 aromatic carbocycles. The minimum absolute atomic E-state index is 0.0959. The normalized spacial score (nSPS) is 10.9. The summed E-state index contributed by atoms with van der Waals surface area (Å²) in [5.41, 5.74) is 3.54. The Morgan fingerprint density at radius 3 is 2.66 bits per heavy atom. The molecule has 0 amide bonds. The number of rotatable bonds is 8. The van der Waals surface area contributed by atoms with Gasteiger partial charge in [0.1, 0.15) is 11.3 Å². The van der Waals surface area contributed by atoms with Crippen LogP contribution in [0.3, 0.4) is 0 Å². The molecule has 0 N–H and O–H groups in total.